The van der Waals surface area contributed by atoms with Crippen molar-refractivity contribution in [2.75, 3.05) is 0 Å². The van der Waals surface area contributed by atoms with Gasteiger partial charge in [0.1, 0.15) is 24.7 Å². The summed E-state index contributed by atoms with van der Waals surface area (Å²) in [6.07, 6.45) is 0. The van der Waals surface area contributed by atoms with Crippen molar-refractivity contribution >= 4 is 40.4 Å². The molecule has 6 aromatic rings. The summed E-state index contributed by atoms with van der Waals surface area (Å²) in [5, 5.41) is 12.8. The lowest BCUT2D eigenvalue weighted by Gasteiger charge is -2.28. The summed E-state index contributed by atoms with van der Waals surface area (Å²) in [7, 11) is -2.80. The standard InChI is InChI=1S/C35H24N5P/c36-25-30-33(26-15-5-1-6-16-26)38-41(28-19-9-3-10-20-28,29-21-11-4-12-22-29)39-35(30)40-32-24-14-13-23-31(32)37-34(40)27-17-7-2-8-18-27/h1-24H. The van der Waals surface area contributed by atoms with Crippen LogP contribution in [-0.2, 0) is 0 Å². The highest BCUT2D eigenvalue weighted by atomic mass is 31.2. The van der Waals surface area contributed by atoms with E-state index in [4.69, 9.17) is 14.5 Å². The van der Waals surface area contributed by atoms with Gasteiger partial charge in [0.15, 0.2) is 5.82 Å². The summed E-state index contributed by atoms with van der Waals surface area (Å²) in [5.41, 5.74) is 4.58. The van der Waals surface area contributed by atoms with Crippen molar-refractivity contribution in [3.8, 4) is 17.5 Å². The predicted octanol–water partition coefficient (Wildman–Crippen LogP) is 7.67. The van der Waals surface area contributed by atoms with Crippen molar-refractivity contribution in [3.63, 3.8) is 0 Å². The van der Waals surface area contributed by atoms with Crippen molar-refractivity contribution in [2.24, 2.45) is 9.51 Å². The smallest absolute Gasteiger partial charge is 0.160 e. The van der Waals surface area contributed by atoms with Gasteiger partial charge < -0.3 is 0 Å². The van der Waals surface area contributed by atoms with Crippen LogP contribution >= 0.6 is 7.21 Å². The second-order valence-electron chi connectivity index (χ2n) is 9.62. The molecule has 5 nitrogen and oxygen atoms in total. The number of allylic oxidation sites excluding steroid dienone is 1. The summed E-state index contributed by atoms with van der Waals surface area (Å²) in [5.74, 6) is 1.28. The predicted molar refractivity (Wildman–Crippen MR) is 168 cm³/mol. The third kappa shape index (κ3) is 4.23. The molecule has 5 aromatic carbocycles. The van der Waals surface area contributed by atoms with Gasteiger partial charge in [0.25, 0.3) is 0 Å². The monoisotopic (exact) mass is 545 g/mol. The quantitative estimate of drug-likeness (QED) is 0.209. The summed E-state index contributed by atoms with van der Waals surface area (Å²) in [6, 6.07) is 51.0. The first-order valence-electron chi connectivity index (χ1n) is 13.4. The Morgan fingerprint density at radius 3 is 1.68 bits per heavy atom. The number of imidazole rings is 1. The average Bonchev–Trinajstić information content (AvgIpc) is 3.45. The maximum atomic E-state index is 10.8. The van der Waals surface area contributed by atoms with Gasteiger partial charge in [-0.15, -0.1) is 0 Å². The Bertz CT molecular complexity index is 1990. The van der Waals surface area contributed by atoms with Gasteiger partial charge in [0.2, 0.25) is 0 Å². The normalized spacial score (nSPS) is 14.3. The van der Waals surface area contributed by atoms with E-state index < -0.39 is 7.21 Å². The maximum Gasteiger partial charge on any atom is 0.160 e. The van der Waals surface area contributed by atoms with Crippen molar-refractivity contribution in [1.82, 2.24) is 9.55 Å². The molecule has 0 unspecified atom stereocenters. The third-order valence-electron chi connectivity index (χ3n) is 7.14. The zero-order valence-electron chi connectivity index (χ0n) is 22.0. The number of hydrogen-bond acceptors (Lipinski definition) is 4. The molecular weight excluding hydrogens is 521 g/mol. The molecule has 194 valence electrons. The van der Waals surface area contributed by atoms with E-state index in [1.165, 1.54) is 0 Å². The molecule has 6 heteroatoms. The Morgan fingerprint density at radius 1 is 0.585 bits per heavy atom. The molecule has 41 heavy (non-hydrogen) atoms. The van der Waals surface area contributed by atoms with Crippen molar-refractivity contribution in [3.05, 3.63) is 157 Å². The minimum absolute atomic E-state index is 0.416. The van der Waals surface area contributed by atoms with Crippen LogP contribution in [0, 0.1) is 11.3 Å². The number of fused-ring (bicyclic) bond motifs is 1. The lowest BCUT2D eigenvalue weighted by Crippen LogP contribution is -2.21. The van der Waals surface area contributed by atoms with Crippen LogP contribution in [0.3, 0.4) is 0 Å². The van der Waals surface area contributed by atoms with E-state index >= 15 is 0 Å². The molecule has 0 saturated heterocycles. The number of hydrogen-bond donors (Lipinski definition) is 0. The van der Waals surface area contributed by atoms with Crippen molar-refractivity contribution < 1.29 is 0 Å². The highest BCUT2D eigenvalue weighted by molar-refractivity contribution is 7.80. The number of aromatic nitrogens is 2. The largest absolute Gasteiger partial charge is 0.275 e. The summed E-state index contributed by atoms with van der Waals surface area (Å²) >= 11 is 0. The number of nitriles is 1. The highest BCUT2D eigenvalue weighted by Gasteiger charge is 2.34. The molecule has 1 aromatic heterocycles. The molecule has 0 bridgehead atoms. The lowest BCUT2D eigenvalue weighted by atomic mass is 10.0. The molecule has 0 amide bonds. The minimum Gasteiger partial charge on any atom is -0.275 e. The molecular formula is C35H24N5P. The Labute approximate surface area is 238 Å². The fourth-order valence-corrected chi connectivity index (χ4v) is 8.19. The van der Waals surface area contributed by atoms with Crippen LogP contribution in [0.2, 0.25) is 0 Å². The van der Waals surface area contributed by atoms with Gasteiger partial charge in [0, 0.05) is 21.7 Å². The second-order valence-corrected chi connectivity index (χ2v) is 12.3. The molecule has 0 N–H and O–H groups in total. The molecule has 0 spiro atoms. The van der Waals surface area contributed by atoms with E-state index in [0.717, 1.165) is 38.6 Å². The highest BCUT2D eigenvalue weighted by Crippen LogP contribution is 2.55. The Balaban J connectivity index is 1.67. The van der Waals surface area contributed by atoms with Gasteiger partial charge in [0.05, 0.1) is 16.7 Å². The Hall–Kier alpha value is -5.30. The van der Waals surface area contributed by atoms with E-state index in [1.54, 1.807) is 0 Å². The average molecular weight is 546 g/mol. The van der Waals surface area contributed by atoms with E-state index in [-0.39, 0.29) is 0 Å². The van der Waals surface area contributed by atoms with Crippen LogP contribution in [0.5, 0.6) is 0 Å². The van der Waals surface area contributed by atoms with Gasteiger partial charge >= 0.3 is 0 Å². The fourth-order valence-electron chi connectivity index (χ4n) is 5.24. The molecule has 0 radical (unpaired) electrons. The second kappa shape index (κ2) is 10.4. The lowest BCUT2D eigenvalue weighted by molar-refractivity contribution is 1.10. The van der Waals surface area contributed by atoms with Crippen molar-refractivity contribution in [2.45, 2.75) is 0 Å². The van der Waals surface area contributed by atoms with E-state index in [9.17, 15) is 5.26 Å². The van der Waals surface area contributed by atoms with Crippen LogP contribution in [0.15, 0.2) is 161 Å². The maximum absolute atomic E-state index is 10.8. The molecule has 1 aliphatic rings. The first-order valence-corrected chi connectivity index (χ1v) is 15.1. The molecule has 0 atom stereocenters. The van der Waals surface area contributed by atoms with E-state index in [0.29, 0.717) is 17.1 Å². The van der Waals surface area contributed by atoms with Gasteiger partial charge in [-0.2, -0.15) is 5.26 Å². The number of benzene rings is 5. The van der Waals surface area contributed by atoms with E-state index in [2.05, 4.69) is 30.3 Å². The SMILES string of the molecule is N#CC1=C(n2c(-c3ccccc3)nc3ccccc32)N=P(c2ccccc2)(c2ccccc2)N=C1c1ccccc1. The van der Waals surface area contributed by atoms with E-state index in [1.807, 2.05) is 126 Å². The number of para-hydroxylation sites is 2. The van der Waals surface area contributed by atoms with Crippen LogP contribution in [0.25, 0.3) is 28.2 Å². The first kappa shape index (κ1) is 24.7. The van der Waals surface area contributed by atoms with Crippen LogP contribution in [-0.4, -0.2) is 15.3 Å². The summed E-state index contributed by atoms with van der Waals surface area (Å²) < 4.78 is 13.1. The number of rotatable bonds is 5. The summed E-state index contributed by atoms with van der Waals surface area (Å²) in [6.45, 7) is 0. The Kier molecular flexibility index (Phi) is 6.24. The van der Waals surface area contributed by atoms with Crippen LogP contribution < -0.4 is 10.6 Å². The molecule has 0 aliphatic carbocycles. The van der Waals surface area contributed by atoms with Gasteiger partial charge in [-0.1, -0.05) is 133 Å². The minimum atomic E-state index is -2.80. The third-order valence-corrected chi connectivity index (χ3v) is 10.1. The van der Waals surface area contributed by atoms with Gasteiger partial charge in [-0.05, 0) is 12.1 Å². The van der Waals surface area contributed by atoms with Gasteiger partial charge in [-0.25, -0.2) is 14.5 Å². The topological polar surface area (TPSA) is 66.3 Å². The zero-order chi connectivity index (χ0) is 27.6. The number of nitrogens with zero attached hydrogens (tertiary/aromatic N) is 5. The summed E-state index contributed by atoms with van der Waals surface area (Å²) in [4.78, 5) is 5.05. The first-order chi connectivity index (χ1) is 20.3. The fraction of sp³-hybridized carbons (Fsp3) is 0. The molecule has 2 heterocycles. The van der Waals surface area contributed by atoms with Gasteiger partial charge in [-0.3, -0.25) is 4.57 Å². The van der Waals surface area contributed by atoms with Crippen LogP contribution in [0.1, 0.15) is 5.56 Å². The Morgan fingerprint density at radius 2 is 1.10 bits per heavy atom. The van der Waals surface area contributed by atoms with Crippen LogP contribution in [0.4, 0.5) is 0 Å². The molecule has 1 aliphatic heterocycles. The molecule has 0 saturated carbocycles. The zero-order valence-corrected chi connectivity index (χ0v) is 22.9. The molecule has 0 fully saturated rings. The van der Waals surface area contributed by atoms with Crippen molar-refractivity contribution in [1.29, 1.82) is 5.26 Å². The molecule has 7 rings (SSSR count).